The number of hydrogen-bond acceptors (Lipinski definition) is 0. The van der Waals surface area contributed by atoms with Crippen molar-refractivity contribution < 1.29 is 0 Å². The average molecular weight is 236 g/mol. The SMILES string of the molecule is Cn1ccc(-c2ccc(Br)cc2)c1. The van der Waals surface area contributed by atoms with Gasteiger partial charge in [0.05, 0.1) is 0 Å². The standard InChI is InChI=1S/C11H10BrN/c1-13-7-6-10(8-13)9-2-4-11(12)5-3-9/h2-8H,1H3. The lowest BCUT2D eigenvalue weighted by atomic mass is 10.1. The number of nitrogens with zero attached hydrogens (tertiary/aromatic N) is 1. The quantitative estimate of drug-likeness (QED) is 0.714. The molecule has 0 aliphatic carbocycles. The second kappa shape index (κ2) is 3.38. The minimum Gasteiger partial charge on any atom is -0.357 e. The van der Waals surface area contributed by atoms with Crippen molar-refractivity contribution in [2.75, 3.05) is 0 Å². The lowest BCUT2D eigenvalue weighted by Gasteiger charge is -1.96. The van der Waals surface area contributed by atoms with Crippen LogP contribution < -0.4 is 0 Å². The Morgan fingerprint density at radius 2 is 1.69 bits per heavy atom. The van der Waals surface area contributed by atoms with E-state index in [0.29, 0.717) is 0 Å². The van der Waals surface area contributed by atoms with E-state index in [1.54, 1.807) is 0 Å². The maximum atomic E-state index is 3.42. The van der Waals surface area contributed by atoms with E-state index in [1.807, 2.05) is 7.05 Å². The molecule has 1 heterocycles. The summed E-state index contributed by atoms with van der Waals surface area (Å²) in [6.45, 7) is 0. The van der Waals surface area contributed by atoms with Gasteiger partial charge in [-0.1, -0.05) is 28.1 Å². The first-order valence-electron chi connectivity index (χ1n) is 4.13. The summed E-state index contributed by atoms with van der Waals surface area (Å²) in [5, 5.41) is 0. The zero-order chi connectivity index (χ0) is 9.26. The van der Waals surface area contributed by atoms with Crippen molar-refractivity contribution in [3.63, 3.8) is 0 Å². The Balaban J connectivity index is 2.41. The molecule has 0 saturated carbocycles. The molecule has 2 aromatic rings. The van der Waals surface area contributed by atoms with Crippen LogP contribution in [0.3, 0.4) is 0 Å². The number of aromatic nitrogens is 1. The van der Waals surface area contributed by atoms with Gasteiger partial charge in [0.15, 0.2) is 0 Å². The molecule has 0 spiro atoms. The normalized spacial score (nSPS) is 10.3. The summed E-state index contributed by atoms with van der Waals surface area (Å²) in [7, 11) is 2.03. The molecule has 2 heteroatoms. The molecule has 0 aliphatic heterocycles. The molecule has 13 heavy (non-hydrogen) atoms. The molecule has 0 unspecified atom stereocenters. The first-order valence-corrected chi connectivity index (χ1v) is 4.93. The molecular formula is C11H10BrN. The molecule has 66 valence electrons. The van der Waals surface area contributed by atoms with Crippen LogP contribution in [-0.2, 0) is 7.05 Å². The lowest BCUT2D eigenvalue weighted by Crippen LogP contribution is -1.78. The summed E-state index contributed by atoms with van der Waals surface area (Å²) in [4.78, 5) is 0. The van der Waals surface area contributed by atoms with E-state index in [4.69, 9.17) is 0 Å². The van der Waals surface area contributed by atoms with E-state index in [0.717, 1.165) is 4.47 Å². The Morgan fingerprint density at radius 3 is 2.23 bits per heavy atom. The van der Waals surface area contributed by atoms with Crippen LogP contribution in [0.1, 0.15) is 0 Å². The van der Waals surface area contributed by atoms with Gasteiger partial charge < -0.3 is 4.57 Å². The zero-order valence-corrected chi connectivity index (χ0v) is 8.95. The van der Waals surface area contributed by atoms with E-state index < -0.39 is 0 Å². The highest BCUT2D eigenvalue weighted by atomic mass is 79.9. The summed E-state index contributed by atoms with van der Waals surface area (Å²) < 4.78 is 3.17. The molecule has 2 rings (SSSR count). The largest absolute Gasteiger partial charge is 0.357 e. The zero-order valence-electron chi connectivity index (χ0n) is 7.37. The topological polar surface area (TPSA) is 4.93 Å². The van der Waals surface area contributed by atoms with Gasteiger partial charge in [0.25, 0.3) is 0 Å². The Morgan fingerprint density at radius 1 is 1.00 bits per heavy atom. The van der Waals surface area contributed by atoms with Gasteiger partial charge in [-0.15, -0.1) is 0 Å². The van der Waals surface area contributed by atoms with Gasteiger partial charge in [0.1, 0.15) is 0 Å². The van der Waals surface area contributed by atoms with Gasteiger partial charge in [0.2, 0.25) is 0 Å². The molecule has 0 radical (unpaired) electrons. The molecule has 0 saturated heterocycles. The van der Waals surface area contributed by atoms with Crippen LogP contribution in [0.25, 0.3) is 11.1 Å². The maximum Gasteiger partial charge on any atom is 0.0175 e. The summed E-state index contributed by atoms with van der Waals surface area (Å²) in [6.07, 6.45) is 4.17. The van der Waals surface area contributed by atoms with Gasteiger partial charge in [-0.3, -0.25) is 0 Å². The third-order valence-corrected chi connectivity index (χ3v) is 2.54. The Hall–Kier alpha value is -1.02. The van der Waals surface area contributed by atoms with Crippen LogP contribution >= 0.6 is 15.9 Å². The van der Waals surface area contributed by atoms with Crippen molar-refractivity contribution in [2.24, 2.45) is 7.05 Å². The van der Waals surface area contributed by atoms with Crippen molar-refractivity contribution in [3.8, 4) is 11.1 Å². The summed E-state index contributed by atoms with van der Waals surface area (Å²) >= 11 is 3.42. The second-order valence-electron chi connectivity index (χ2n) is 3.07. The first kappa shape index (κ1) is 8.57. The minimum absolute atomic E-state index is 1.12. The average Bonchev–Trinajstić information content (AvgIpc) is 2.53. The fraction of sp³-hybridized carbons (Fsp3) is 0.0909. The molecule has 1 aromatic carbocycles. The molecule has 0 N–H and O–H groups in total. The molecule has 0 amide bonds. The summed E-state index contributed by atoms with van der Waals surface area (Å²) in [6, 6.07) is 10.5. The summed E-state index contributed by atoms with van der Waals surface area (Å²) in [5.41, 5.74) is 2.51. The fourth-order valence-corrected chi connectivity index (χ4v) is 1.58. The first-order chi connectivity index (χ1) is 6.25. The Bertz CT molecular complexity index is 400. The van der Waals surface area contributed by atoms with Crippen molar-refractivity contribution in [1.29, 1.82) is 0 Å². The van der Waals surface area contributed by atoms with Crippen molar-refractivity contribution in [1.82, 2.24) is 4.57 Å². The molecule has 1 nitrogen and oxygen atoms in total. The number of benzene rings is 1. The smallest absolute Gasteiger partial charge is 0.0175 e. The lowest BCUT2D eigenvalue weighted by molar-refractivity contribution is 0.928. The number of hydrogen-bond donors (Lipinski definition) is 0. The molecule has 0 atom stereocenters. The minimum atomic E-state index is 1.12. The van der Waals surface area contributed by atoms with E-state index in [-0.39, 0.29) is 0 Å². The second-order valence-corrected chi connectivity index (χ2v) is 3.99. The van der Waals surface area contributed by atoms with Crippen molar-refractivity contribution in [3.05, 3.63) is 47.2 Å². The van der Waals surface area contributed by atoms with E-state index in [2.05, 4.69) is 63.2 Å². The van der Waals surface area contributed by atoms with E-state index in [1.165, 1.54) is 11.1 Å². The molecule has 0 fully saturated rings. The Kier molecular flexibility index (Phi) is 2.23. The van der Waals surface area contributed by atoms with Crippen LogP contribution in [0.15, 0.2) is 47.2 Å². The Labute approximate surface area is 86.1 Å². The van der Waals surface area contributed by atoms with Gasteiger partial charge >= 0.3 is 0 Å². The molecular weight excluding hydrogens is 226 g/mol. The van der Waals surface area contributed by atoms with Crippen LogP contribution in [0.5, 0.6) is 0 Å². The number of rotatable bonds is 1. The summed E-state index contributed by atoms with van der Waals surface area (Å²) in [5.74, 6) is 0. The van der Waals surface area contributed by atoms with Gasteiger partial charge in [-0.05, 0) is 29.3 Å². The van der Waals surface area contributed by atoms with Crippen LogP contribution in [0, 0.1) is 0 Å². The van der Waals surface area contributed by atoms with Gasteiger partial charge in [0, 0.05) is 23.9 Å². The van der Waals surface area contributed by atoms with E-state index >= 15 is 0 Å². The highest BCUT2D eigenvalue weighted by Crippen LogP contribution is 2.21. The maximum absolute atomic E-state index is 3.42. The fourth-order valence-electron chi connectivity index (χ4n) is 1.32. The monoisotopic (exact) mass is 235 g/mol. The van der Waals surface area contributed by atoms with Crippen LogP contribution in [0.4, 0.5) is 0 Å². The third-order valence-electron chi connectivity index (χ3n) is 2.01. The van der Waals surface area contributed by atoms with Crippen molar-refractivity contribution >= 4 is 15.9 Å². The molecule has 0 aliphatic rings. The highest BCUT2D eigenvalue weighted by Gasteiger charge is 1.97. The van der Waals surface area contributed by atoms with Crippen molar-refractivity contribution in [2.45, 2.75) is 0 Å². The predicted octanol–water partition coefficient (Wildman–Crippen LogP) is 3.45. The predicted molar refractivity (Wildman–Crippen MR) is 58.5 cm³/mol. The molecule has 1 aromatic heterocycles. The number of aryl methyl sites for hydroxylation is 1. The van der Waals surface area contributed by atoms with Gasteiger partial charge in [-0.2, -0.15) is 0 Å². The van der Waals surface area contributed by atoms with E-state index in [9.17, 15) is 0 Å². The number of halogens is 1. The third kappa shape index (κ3) is 1.83. The van der Waals surface area contributed by atoms with Crippen LogP contribution in [0.2, 0.25) is 0 Å². The van der Waals surface area contributed by atoms with Gasteiger partial charge in [-0.25, -0.2) is 0 Å². The highest BCUT2D eigenvalue weighted by molar-refractivity contribution is 9.10. The molecule has 0 bridgehead atoms. The van der Waals surface area contributed by atoms with Crippen LogP contribution in [-0.4, -0.2) is 4.57 Å².